The van der Waals surface area contributed by atoms with Crippen molar-refractivity contribution < 1.29 is 19.7 Å². The van der Waals surface area contributed by atoms with Crippen molar-refractivity contribution in [3.05, 3.63) is 49.9 Å². The molecular formula is C18H17N3O5S. The second-order valence-corrected chi connectivity index (χ2v) is 6.72. The van der Waals surface area contributed by atoms with Crippen LogP contribution < -0.4 is 9.61 Å². The van der Waals surface area contributed by atoms with Crippen LogP contribution in [-0.4, -0.2) is 39.8 Å². The van der Waals surface area contributed by atoms with Crippen molar-refractivity contribution in [2.45, 2.75) is 19.4 Å². The minimum absolute atomic E-state index is 0.0704. The third-order valence-electron chi connectivity index (χ3n) is 3.94. The Balaban J connectivity index is 1.85. The Morgan fingerprint density at radius 1 is 1.33 bits per heavy atom. The maximum atomic E-state index is 12.1. The highest BCUT2D eigenvalue weighted by molar-refractivity contribution is 7.10. The summed E-state index contributed by atoms with van der Waals surface area (Å²) >= 11 is 0.887. The van der Waals surface area contributed by atoms with Crippen LogP contribution in [0.4, 0.5) is 0 Å². The van der Waals surface area contributed by atoms with Gasteiger partial charge in [0.25, 0.3) is 0 Å². The lowest BCUT2D eigenvalue weighted by Crippen LogP contribution is -2.13. The van der Waals surface area contributed by atoms with Crippen LogP contribution in [0.15, 0.2) is 44.8 Å². The van der Waals surface area contributed by atoms with E-state index in [1.165, 1.54) is 4.57 Å². The Bertz CT molecular complexity index is 999. The van der Waals surface area contributed by atoms with E-state index in [1.54, 1.807) is 19.4 Å². The highest BCUT2D eigenvalue weighted by Crippen LogP contribution is 2.26. The Morgan fingerprint density at radius 2 is 2.07 bits per heavy atom. The lowest BCUT2D eigenvalue weighted by atomic mass is 10.0. The standard InChI is InChI=1S/C18H17N3O5S/c1-26-13-6-4-11(5-7-13)16-12(10-19-20-16)9-14-17(24)21(18(25)27-14)8-2-3-15(22)23/h4-7,9-10,24H,2-3,8H2,1H3,(H,22,23). The fraction of sp³-hybridized carbons (Fsp3) is 0.222. The number of methoxy groups -OCH3 is 1. The summed E-state index contributed by atoms with van der Waals surface area (Å²) in [6.07, 6.45) is 3.39. The molecule has 0 fully saturated rings. The highest BCUT2D eigenvalue weighted by Gasteiger charge is 2.17. The van der Waals surface area contributed by atoms with Crippen molar-refractivity contribution in [2.24, 2.45) is 10.2 Å². The Hall–Kier alpha value is -3.20. The van der Waals surface area contributed by atoms with Gasteiger partial charge in [0.05, 0.1) is 18.2 Å². The predicted molar refractivity (Wildman–Crippen MR) is 103 cm³/mol. The second-order valence-electron chi connectivity index (χ2n) is 5.73. The van der Waals surface area contributed by atoms with Gasteiger partial charge < -0.3 is 14.9 Å². The molecule has 140 valence electrons. The third-order valence-corrected chi connectivity index (χ3v) is 4.86. The summed E-state index contributed by atoms with van der Waals surface area (Å²) in [5.74, 6) is -0.405. The summed E-state index contributed by atoms with van der Waals surface area (Å²) in [6.45, 7) is 0.143. The van der Waals surface area contributed by atoms with Crippen molar-refractivity contribution in [3.8, 4) is 11.6 Å². The monoisotopic (exact) mass is 387 g/mol. The van der Waals surface area contributed by atoms with Crippen LogP contribution >= 0.6 is 11.3 Å². The topological polar surface area (TPSA) is 113 Å². The van der Waals surface area contributed by atoms with Crippen molar-refractivity contribution in [3.63, 3.8) is 0 Å². The Kier molecular flexibility index (Phi) is 5.51. The summed E-state index contributed by atoms with van der Waals surface area (Å²) in [7, 11) is 1.59. The molecule has 0 saturated heterocycles. The molecular weight excluding hydrogens is 370 g/mol. The van der Waals surface area contributed by atoms with Crippen LogP contribution in [0.3, 0.4) is 0 Å². The van der Waals surface area contributed by atoms with E-state index >= 15 is 0 Å². The number of ether oxygens (including phenoxy) is 1. The fourth-order valence-electron chi connectivity index (χ4n) is 2.58. The van der Waals surface area contributed by atoms with E-state index < -0.39 is 5.97 Å². The van der Waals surface area contributed by atoms with Crippen molar-refractivity contribution in [1.82, 2.24) is 4.57 Å². The summed E-state index contributed by atoms with van der Waals surface area (Å²) < 4.78 is 6.32. The van der Waals surface area contributed by atoms with Gasteiger partial charge in [-0.25, -0.2) is 0 Å². The summed E-state index contributed by atoms with van der Waals surface area (Å²) in [5, 5.41) is 27.1. The highest BCUT2D eigenvalue weighted by atomic mass is 32.1. The molecule has 0 amide bonds. The van der Waals surface area contributed by atoms with E-state index in [2.05, 4.69) is 10.2 Å². The quantitative estimate of drug-likeness (QED) is 0.757. The van der Waals surface area contributed by atoms with E-state index in [4.69, 9.17) is 9.84 Å². The smallest absolute Gasteiger partial charge is 0.310 e. The Labute approximate surface area is 158 Å². The van der Waals surface area contributed by atoms with Crippen LogP contribution in [0.25, 0.3) is 6.08 Å². The number of aromatic nitrogens is 1. The molecule has 3 rings (SSSR count). The number of aliphatic carboxylic acids is 1. The molecule has 8 nitrogen and oxygen atoms in total. The first-order valence-corrected chi connectivity index (χ1v) is 8.93. The van der Waals surface area contributed by atoms with Crippen LogP contribution in [0.2, 0.25) is 0 Å². The molecule has 1 aliphatic heterocycles. The van der Waals surface area contributed by atoms with Crippen LogP contribution in [0.1, 0.15) is 23.3 Å². The molecule has 0 unspecified atom stereocenters. The maximum absolute atomic E-state index is 12.1. The predicted octanol–water partition coefficient (Wildman–Crippen LogP) is 2.36. The van der Waals surface area contributed by atoms with Crippen LogP contribution in [-0.2, 0) is 11.3 Å². The second kappa shape index (κ2) is 8.00. The molecule has 0 spiro atoms. The molecule has 0 aliphatic carbocycles. The van der Waals surface area contributed by atoms with Gasteiger partial charge in [-0.3, -0.25) is 14.2 Å². The van der Waals surface area contributed by atoms with Gasteiger partial charge >= 0.3 is 10.8 Å². The number of hydrogen-bond acceptors (Lipinski definition) is 7. The number of carbonyl (C=O) groups is 1. The molecule has 2 N–H and O–H groups in total. The van der Waals surface area contributed by atoms with Crippen LogP contribution in [0.5, 0.6) is 11.6 Å². The van der Waals surface area contributed by atoms with Crippen molar-refractivity contribution in [1.29, 1.82) is 0 Å². The number of allylic oxidation sites excluding steroid dienone is 1. The molecule has 27 heavy (non-hydrogen) atoms. The zero-order chi connectivity index (χ0) is 19.4. The third kappa shape index (κ3) is 4.14. The number of aromatic hydroxyl groups is 1. The van der Waals surface area contributed by atoms with Gasteiger partial charge in [-0.1, -0.05) is 11.3 Å². The molecule has 2 aromatic rings. The van der Waals surface area contributed by atoms with E-state index in [0.29, 0.717) is 16.2 Å². The van der Waals surface area contributed by atoms with E-state index in [9.17, 15) is 14.7 Å². The van der Waals surface area contributed by atoms with Crippen molar-refractivity contribution in [2.75, 3.05) is 7.11 Å². The van der Waals surface area contributed by atoms with Crippen LogP contribution in [0, 0.1) is 0 Å². The molecule has 0 saturated carbocycles. The Morgan fingerprint density at radius 3 is 2.74 bits per heavy atom. The molecule has 0 bridgehead atoms. The van der Waals surface area contributed by atoms with E-state index in [-0.39, 0.29) is 30.1 Å². The zero-order valence-corrected chi connectivity index (χ0v) is 15.3. The minimum Gasteiger partial charge on any atom is -0.497 e. The average Bonchev–Trinajstić information content (AvgIpc) is 3.21. The van der Waals surface area contributed by atoms with Gasteiger partial charge in [-0.2, -0.15) is 5.10 Å². The number of carboxylic acids is 1. The fourth-order valence-corrected chi connectivity index (χ4v) is 3.45. The summed E-state index contributed by atoms with van der Waals surface area (Å²) in [4.78, 5) is 22.7. The van der Waals surface area contributed by atoms with Gasteiger partial charge in [0.15, 0.2) is 0 Å². The molecule has 0 radical (unpaired) electrons. The van der Waals surface area contributed by atoms with Gasteiger partial charge in [0.1, 0.15) is 11.5 Å². The normalized spacial score (nSPS) is 14.6. The van der Waals surface area contributed by atoms with Crippen molar-refractivity contribution >= 4 is 35.3 Å². The largest absolute Gasteiger partial charge is 0.497 e. The zero-order valence-electron chi connectivity index (χ0n) is 14.5. The first-order valence-electron chi connectivity index (χ1n) is 8.11. The average molecular weight is 387 g/mol. The van der Waals surface area contributed by atoms with E-state index in [0.717, 1.165) is 22.6 Å². The molecule has 1 aromatic heterocycles. The van der Waals surface area contributed by atoms with Gasteiger partial charge in [0, 0.05) is 24.1 Å². The SMILES string of the molecule is COc1ccc(C2=NN=CC2=Cc2sc(=O)n(CCCC(=O)O)c2O)cc1. The van der Waals surface area contributed by atoms with E-state index in [1.807, 2.05) is 24.3 Å². The molecule has 2 heterocycles. The number of thiazole rings is 1. The first kappa shape index (κ1) is 18.6. The number of hydrogen-bond donors (Lipinski definition) is 2. The number of rotatable bonds is 7. The molecule has 9 heteroatoms. The maximum Gasteiger partial charge on any atom is 0.310 e. The minimum atomic E-state index is -0.942. The molecule has 1 aromatic carbocycles. The number of nitrogens with zero attached hydrogens (tertiary/aromatic N) is 3. The lowest BCUT2D eigenvalue weighted by molar-refractivity contribution is -0.137. The number of benzene rings is 1. The first-order chi connectivity index (χ1) is 13.0. The van der Waals surface area contributed by atoms with Gasteiger partial charge in [-0.15, -0.1) is 5.10 Å². The van der Waals surface area contributed by atoms with Gasteiger partial charge in [-0.05, 0) is 36.8 Å². The molecule has 0 atom stereocenters. The van der Waals surface area contributed by atoms with Gasteiger partial charge in [0.2, 0.25) is 5.88 Å². The summed E-state index contributed by atoms with van der Waals surface area (Å²) in [5.41, 5.74) is 2.11. The number of carboxylic acid groups (broad SMARTS) is 1. The molecule has 1 aliphatic rings. The summed E-state index contributed by atoms with van der Waals surface area (Å²) in [6, 6.07) is 7.31. The lowest BCUT2D eigenvalue weighted by Gasteiger charge is -2.04.